The molecule has 0 N–H and O–H groups in total. The van der Waals surface area contributed by atoms with E-state index in [2.05, 4.69) is 76.8 Å². The van der Waals surface area contributed by atoms with Crippen LogP contribution in [0.3, 0.4) is 0 Å². The molecule has 0 saturated heterocycles. The minimum absolute atomic E-state index is 0. The fraction of sp³-hybridized carbons (Fsp3) is 0.200. The minimum atomic E-state index is 0. The summed E-state index contributed by atoms with van der Waals surface area (Å²) in [6.07, 6.45) is 6.63. The van der Waals surface area contributed by atoms with Gasteiger partial charge in [0, 0.05) is 24.2 Å². The number of pyridine rings is 2. The number of benzene rings is 1. The van der Waals surface area contributed by atoms with Gasteiger partial charge in [-0.05, 0) is 24.3 Å². The predicted molar refractivity (Wildman–Crippen MR) is 93.2 cm³/mol. The van der Waals surface area contributed by atoms with Crippen molar-refractivity contribution < 1.29 is 28.5 Å². The summed E-state index contributed by atoms with van der Waals surface area (Å²) in [5, 5.41) is 0. The van der Waals surface area contributed by atoms with Crippen LogP contribution in [0.2, 0.25) is 0 Å². The SMILES string of the molecule is CCCC[n+]1cc2nc3ccccn3c2cc1-c1ccccc1.[I-]. The van der Waals surface area contributed by atoms with Gasteiger partial charge in [-0.25, -0.2) is 4.98 Å². The molecule has 0 fully saturated rings. The van der Waals surface area contributed by atoms with E-state index in [9.17, 15) is 0 Å². The summed E-state index contributed by atoms with van der Waals surface area (Å²) in [5.41, 5.74) is 5.70. The number of nitrogens with zero attached hydrogens (tertiary/aromatic N) is 3. The Morgan fingerprint density at radius 1 is 1.04 bits per heavy atom. The molecule has 0 amide bonds. The summed E-state index contributed by atoms with van der Waals surface area (Å²) in [6, 6.07) is 19.0. The Balaban J connectivity index is 0.00000169. The minimum Gasteiger partial charge on any atom is -1.00 e. The molecule has 1 aromatic carbocycles. The average molecular weight is 429 g/mol. The van der Waals surface area contributed by atoms with Crippen LogP contribution in [0.15, 0.2) is 67.0 Å². The highest BCUT2D eigenvalue weighted by molar-refractivity contribution is 5.81. The van der Waals surface area contributed by atoms with Crippen LogP contribution in [0.1, 0.15) is 19.8 Å². The van der Waals surface area contributed by atoms with E-state index in [4.69, 9.17) is 4.98 Å². The van der Waals surface area contributed by atoms with Gasteiger partial charge in [0.1, 0.15) is 12.2 Å². The van der Waals surface area contributed by atoms with Crippen LogP contribution in [0.25, 0.3) is 27.9 Å². The summed E-state index contributed by atoms with van der Waals surface area (Å²) in [5.74, 6) is 0. The lowest BCUT2D eigenvalue weighted by atomic mass is 10.1. The number of halogens is 1. The number of rotatable bonds is 4. The van der Waals surface area contributed by atoms with E-state index < -0.39 is 0 Å². The normalized spacial score (nSPS) is 10.9. The van der Waals surface area contributed by atoms with Crippen molar-refractivity contribution in [1.29, 1.82) is 0 Å². The van der Waals surface area contributed by atoms with Crippen LogP contribution in [0, 0.1) is 0 Å². The van der Waals surface area contributed by atoms with Crippen LogP contribution in [-0.4, -0.2) is 9.38 Å². The maximum absolute atomic E-state index is 4.76. The summed E-state index contributed by atoms with van der Waals surface area (Å²) in [6.45, 7) is 3.25. The monoisotopic (exact) mass is 429 g/mol. The highest BCUT2D eigenvalue weighted by Crippen LogP contribution is 2.22. The number of imidazole rings is 1. The first-order chi connectivity index (χ1) is 11.4. The number of aromatic nitrogens is 3. The molecule has 0 saturated carbocycles. The van der Waals surface area contributed by atoms with Gasteiger partial charge < -0.3 is 24.0 Å². The topological polar surface area (TPSA) is 21.2 Å². The first kappa shape index (κ1) is 16.9. The highest BCUT2D eigenvalue weighted by atomic mass is 127. The van der Waals surface area contributed by atoms with Crippen LogP contribution in [0.4, 0.5) is 0 Å². The van der Waals surface area contributed by atoms with Crippen molar-refractivity contribution in [3.63, 3.8) is 0 Å². The molecule has 4 heteroatoms. The molecule has 0 radical (unpaired) electrons. The van der Waals surface area contributed by atoms with E-state index in [0.717, 1.165) is 23.2 Å². The number of aryl methyl sites for hydroxylation is 1. The van der Waals surface area contributed by atoms with Gasteiger partial charge in [0.15, 0.2) is 11.7 Å². The molecule has 24 heavy (non-hydrogen) atoms. The van der Waals surface area contributed by atoms with Gasteiger partial charge in [-0.15, -0.1) is 0 Å². The molecule has 3 nitrogen and oxygen atoms in total. The van der Waals surface area contributed by atoms with Gasteiger partial charge in [0.05, 0.1) is 5.52 Å². The van der Waals surface area contributed by atoms with Crippen LogP contribution in [0.5, 0.6) is 0 Å². The molecule has 0 bridgehead atoms. The Hall–Kier alpha value is -1.95. The molecule has 4 rings (SSSR count). The zero-order valence-electron chi connectivity index (χ0n) is 13.7. The lowest BCUT2D eigenvalue weighted by Crippen LogP contribution is -3.00. The fourth-order valence-electron chi connectivity index (χ4n) is 3.07. The van der Waals surface area contributed by atoms with Gasteiger partial charge in [-0.2, -0.15) is 4.57 Å². The van der Waals surface area contributed by atoms with E-state index in [1.165, 1.54) is 24.1 Å². The lowest BCUT2D eigenvalue weighted by molar-refractivity contribution is -0.685. The molecule has 122 valence electrons. The molecule has 0 aliphatic heterocycles. The van der Waals surface area contributed by atoms with E-state index in [1.807, 2.05) is 6.07 Å². The molecule has 3 heterocycles. The summed E-state index contributed by atoms with van der Waals surface area (Å²) in [7, 11) is 0. The number of hydrogen-bond donors (Lipinski definition) is 0. The highest BCUT2D eigenvalue weighted by Gasteiger charge is 2.17. The van der Waals surface area contributed by atoms with Crippen LogP contribution in [-0.2, 0) is 6.54 Å². The lowest BCUT2D eigenvalue weighted by Gasteiger charge is -2.04. The molecule has 0 aliphatic carbocycles. The third kappa shape index (κ3) is 3.02. The molecular formula is C20H20IN3. The van der Waals surface area contributed by atoms with Crippen molar-refractivity contribution in [2.75, 3.05) is 0 Å². The van der Waals surface area contributed by atoms with Crippen molar-refractivity contribution in [2.45, 2.75) is 26.3 Å². The largest absolute Gasteiger partial charge is 1.00 e. The zero-order valence-corrected chi connectivity index (χ0v) is 15.8. The van der Waals surface area contributed by atoms with Gasteiger partial charge in [-0.1, -0.05) is 37.6 Å². The van der Waals surface area contributed by atoms with Crippen LogP contribution >= 0.6 is 0 Å². The van der Waals surface area contributed by atoms with Crippen molar-refractivity contribution in [1.82, 2.24) is 9.38 Å². The maximum atomic E-state index is 4.76. The molecule has 4 aromatic rings. The Labute approximate surface area is 159 Å². The Bertz CT molecular complexity index is 961. The van der Waals surface area contributed by atoms with Gasteiger partial charge in [-0.3, -0.25) is 4.40 Å². The van der Waals surface area contributed by atoms with Crippen LogP contribution < -0.4 is 28.5 Å². The quantitative estimate of drug-likeness (QED) is 0.354. The molecule has 0 aliphatic rings. The molecule has 3 aromatic heterocycles. The number of hydrogen-bond acceptors (Lipinski definition) is 1. The number of unbranched alkanes of at least 4 members (excludes halogenated alkanes) is 1. The van der Waals surface area contributed by atoms with E-state index in [1.54, 1.807) is 0 Å². The smallest absolute Gasteiger partial charge is 0.214 e. The molecule has 0 unspecified atom stereocenters. The predicted octanol–water partition coefficient (Wildman–Crippen LogP) is 1.25. The third-order valence-electron chi connectivity index (χ3n) is 4.28. The molecule has 0 spiro atoms. The standard InChI is InChI=1S/C20H20N3.HI/c1-2-3-12-22-15-17-19(23-13-8-7-11-20(23)21-17)14-18(22)16-9-5-4-6-10-16;/h4-11,13-15H,2-3,12H2,1H3;1H/q+1;/p-1. The average Bonchev–Trinajstić information content (AvgIpc) is 2.97. The Morgan fingerprint density at radius 2 is 1.83 bits per heavy atom. The first-order valence-electron chi connectivity index (χ1n) is 8.22. The zero-order chi connectivity index (χ0) is 15.6. The van der Waals surface area contributed by atoms with Gasteiger partial charge in [0.2, 0.25) is 5.69 Å². The summed E-state index contributed by atoms with van der Waals surface area (Å²) < 4.78 is 4.50. The van der Waals surface area contributed by atoms with E-state index in [0.29, 0.717) is 0 Å². The van der Waals surface area contributed by atoms with Gasteiger partial charge >= 0.3 is 0 Å². The van der Waals surface area contributed by atoms with Crippen molar-refractivity contribution >= 4 is 16.7 Å². The summed E-state index contributed by atoms with van der Waals surface area (Å²) >= 11 is 0. The second-order valence-electron chi connectivity index (χ2n) is 5.88. The van der Waals surface area contributed by atoms with Crippen molar-refractivity contribution in [3.05, 3.63) is 67.0 Å². The Kier molecular flexibility index (Phi) is 5.14. The van der Waals surface area contributed by atoms with Gasteiger partial charge in [0.25, 0.3) is 0 Å². The molecular weight excluding hydrogens is 409 g/mol. The Morgan fingerprint density at radius 3 is 2.62 bits per heavy atom. The van der Waals surface area contributed by atoms with E-state index in [-0.39, 0.29) is 24.0 Å². The van der Waals surface area contributed by atoms with Crippen molar-refractivity contribution in [2.24, 2.45) is 0 Å². The summed E-state index contributed by atoms with van der Waals surface area (Å²) in [4.78, 5) is 4.76. The van der Waals surface area contributed by atoms with Crippen molar-refractivity contribution in [3.8, 4) is 11.3 Å². The second kappa shape index (κ2) is 7.30. The first-order valence-corrected chi connectivity index (χ1v) is 8.22. The second-order valence-corrected chi connectivity index (χ2v) is 5.88. The number of fused-ring (bicyclic) bond motifs is 3. The third-order valence-corrected chi connectivity index (χ3v) is 4.28. The fourth-order valence-corrected chi connectivity index (χ4v) is 3.07. The van der Waals surface area contributed by atoms with E-state index >= 15 is 0 Å². The maximum Gasteiger partial charge on any atom is 0.214 e. The molecule has 0 atom stereocenters.